The second-order valence-corrected chi connectivity index (χ2v) is 3.42. The van der Waals surface area contributed by atoms with Crippen molar-refractivity contribution in [1.82, 2.24) is 0 Å². The van der Waals surface area contributed by atoms with E-state index in [2.05, 4.69) is 24.3 Å². The van der Waals surface area contributed by atoms with Crippen molar-refractivity contribution < 1.29 is 4.74 Å². The van der Waals surface area contributed by atoms with Gasteiger partial charge in [0.2, 0.25) is 0 Å². The predicted octanol–water partition coefficient (Wildman–Crippen LogP) is 3.09. The Morgan fingerprint density at radius 1 is 1.13 bits per heavy atom. The molecule has 0 aliphatic carbocycles. The van der Waals surface area contributed by atoms with Crippen LogP contribution >= 0.6 is 0 Å². The van der Waals surface area contributed by atoms with Gasteiger partial charge >= 0.3 is 0 Å². The lowest BCUT2D eigenvalue weighted by atomic mass is 10.1. The zero-order chi connectivity index (χ0) is 10.5. The van der Waals surface area contributed by atoms with Crippen LogP contribution in [0.25, 0.3) is 0 Å². The average Bonchev–Trinajstić information content (AvgIpc) is 2.31. The van der Waals surface area contributed by atoms with E-state index in [1.54, 1.807) is 7.11 Å². The summed E-state index contributed by atoms with van der Waals surface area (Å²) in [5.41, 5.74) is 2.45. The molecule has 0 fully saturated rings. The van der Waals surface area contributed by atoms with Gasteiger partial charge in [0.05, 0.1) is 7.11 Å². The van der Waals surface area contributed by atoms with E-state index in [-0.39, 0.29) is 0 Å². The SMILES string of the molecule is COc1cccc(Cc2[c]cccc2)c1. The molecule has 0 bridgehead atoms. The molecular weight excluding hydrogens is 184 g/mol. The molecule has 0 amide bonds. The maximum atomic E-state index is 5.18. The third-order valence-corrected chi connectivity index (χ3v) is 2.30. The van der Waals surface area contributed by atoms with Gasteiger partial charge in [0, 0.05) is 0 Å². The maximum absolute atomic E-state index is 5.18. The van der Waals surface area contributed by atoms with Crippen LogP contribution in [0.4, 0.5) is 0 Å². The minimum Gasteiger partial charge on any atom is -0.497 e. The van der Waals surface area contributed by atoms with Crippen molar-refractivity contribution in [2.45, 2.75) is 6.42 Å². The van der Waals surface area contributed by atoms with E-state index < -0.39 is 0 Å². The van der Waals surface area contributed by atoms with Crippen LogP contribution in [0.1, 0.15) is 11.1 Å². The van der Waals surface area contributed by atoms with Crippen LogP contribution in [-0.2, 0) is 6.42 Å². The highest BCUT2D eigenvalue weighted by Crippen LogP contribution is 2.15. The maximum Gasteiger partial charge on any atom is 0.119 e. The van der Waals surface area contributed by atoms with Crippen molar-refractivity contribution in [3.63, 3.8) is 0 Å². The van der Waals surface area contributed by atoms with Crippen LogP contribution in [0, 0.1) is 6.07 Å². The van der Waals surface area contributed by atoms with Gasteiger partial charge in [-0.25, -0.2) is 0 Å². The van der Waals surface area contributed by atoms with E-state index in [0.29, 0.717) is 0 Å². The van der Waals surface area contributed by atoms with Crippen molar-refractivity contribution >= 4 is 0 Å². The summed E-state index contributed by atoms with van der Waals surface area (Å²) in [5, 5.41) is 0. The summed E-state index contributed by atoms with van der Waals surface area (Å²) < 4.78 is 5.18. The van der Waals surface area contributed by atoms with E-state index in [9.17, 15) is 0 Å². The summed E-state index contributed by atoms with van der Waals surface area (Å²) in [6.45, 7) is 0. The Labute approximate surface area is 90.3 Å². The number of hydrogen-bond donors (Lipinski definition) is 0. The Balaban J connectivity index is 2.17. The summed E-state index contributed by atoms with van der Waals surface area (Å²) in [6.07, 6.45) is 0.901. The van der Waals surface area contributed by atoms with Crippen LogP contribution in [0.3, 0.4) is 0 Å². The number of methoxy groups -OCH3 is 1. The van der Waals surface area contributed by atoms with Gasteiger partial charge < -0.3 is 4.74 Å². The Hall–Kier alpha value is -1.76. The normalized spacial score (nSPS) is 9.93. The average molecular weight is 197 g/mol. The Kier molecular flexibility index (Phi) is 3.03. The lowest BCUT2D eigenvalue weighted by molar-refractivity contribution is 0.414. The Morgan fingerprint density at radius 3 is 2.80 bits per heavy atom. The first-order chi connectivity index (χ1) is 7.38. The van der Waals surface area contributed by atoms with Crippen molar-refractivity contribution in [2.75, 3.05) is 7.11 Å². The van der Waals surface area contributed by atoms with Crippen LogP contribution in [0.15, 0.2) is 48.5 Å². The highest BCUT2D eigenvalue weighted by molar-refractivity contribution is 5.32. The van der Waals surface area contributed by atoms with Crippen LogP contribution in [0.5, 0.6) is 5.75 Å². The molecule has 0 saturated carbocycles. The largest absolute Gasteiger partial charge is 0.497 e. The molecule has 0 atom stereocenters. The van der Waals surface area contributed by atoms with Gasteiger partial charge in [-0.1, -0.05) is 36.4 Å². The second kappa shape index (κ2) is 4.65. The Bertz CT molecular complexity index is 420. The van der Waals surface area contributed by atoms with Crippen molar-refractivity contribution in [2.24, 2.45) is 0 Å². The fourth-order valence-electron chi connectivity index (χ4n) is 1.54. The van der Waals surface area contributed by atoms with Crippen LogP contribution < -0.4 is 4.74 Å². The first kappa shape index (κ1) is 9.78. The quantitative estimate of drug-likeness (QED) is 0.734. The lowest BCUT2D eigenvalue weighted by Crippen LogP contribution is -1.89. The van der Waals surface area contributed by atoms with Gasteiger partial charge in [-0.15, -0.1) is 0 Å². The van der Waals surface area contributed by atoms with Gasteiger partial charge in [0.25, 0.3) is 0 Å². The van der Waals surface area contributed by atoms with Gasteiger partial charge in [-0.3, -0.25) is 0 Å². The third-order valence-electron chi connectivity index (χ3n) is 2.30. The lowest BCUT2D eigenvalue weighted by Gasteiger charge is -2.04. The summed E-state index contributed by atoms with van der Waals surface area (Å²) in [7, 11) is 1.69. The number of rotatable bonds is 3. The topological polar surface area (TPSA) is 9.23 Å². The number of benzene rings is 2. The zero-order valence-electron chi connectivity index (χ0n) is 8.73. The molecule has 2 rings (SSSR count). The van der Waals surface area contributed by atoms with Gasteiger partial charge in [0.1, 0.15) is 5.75 Å². The smallest absolute Gasteiger partial charge is 0.119 e. The standard InChI is InChI=1S/C14H13O/c1-15-14-9-5-8-13(11-14)10-12-6-3-2-4-7-12/h2-6,8-9,11H,10H2,1H3. The van der Waals surface area contributed by atoms with Gasteiger partial charge in [0.15, 0.2) is 0 Å². The summed E-state index contributed by atoms with van der Waals surface area (Å²) >= 11 is 0. The van der Waals surface area contributed by atoms with Crippen molar-refractivity contribution in [1.29, 1.82) is 0 Å². The van der Waals surface area contributed by atoms with Crippen molar-refractivity contribution in [3.05, 3.63) is 65.7 Å². The minimum atomic E-state index is 0.901. The molecule has 1 heteroatoms. The second-order valence-electron chi connectivity index (χ2n) is 3.42. The molecule has 75 valence electrons. The highest BCUT2D eigenvalue weighted by Gasteiger charge is 1.97. The molecule has 0 aliphatic heterocycles. The molecule has 2 aromatic rings. The van der Waals surface area contributed by atoms with Crippen LogP contribution in [-0.4, -0.2) is 7.11 Å². The fraction of sp³-hybridized carbons (Fsp3) is 0.143. The third kappa shape index (κ3) is 2.59. The summed E-state index contributed by atoms with van der Waals surface area (Å²) in [6, 6.07) is 19.4. The number of hydrogen-bond acceptors (Lipinski definition) is 1. The van der Waals surface area contributed by atoms with E-state index in [0.717, 1.165) is 12.2 Å². The first-order valence-electron chi connectivity index (χ1n) is 4.97. The summed E-state index contributed by atoms with van der Waals surface area (Å²) in [5.74, 6) is 0.906. The van der Waals surface area contributed by atoms with Crippen LogP contribution in [0.2, 0.25) is 0 Å². The molecule has 15 heavy (non-hydrogen) atoms. The molecular formula is C14H13O. The number of ether oxygens (including phenoxy) is 1. The highest BCUT2D eigenvalue weighted by atomic mass is 16.5. The molecule has 1 radical (unpaired) electrons. The van der Waals surface area contributed by atoms with Gasteiger partial charge in [-0.2, -0.15) is 0 Å². The minimum absolute atomic E-state index is 0.901. The zero-order valence-corrected chi connectivity index (χ0v) is 8.73. The summed E-state index contributed by atoms with van der Waals surface area (Å²) in [4.78, 5) is 0. The molecule has 0 N–H and O–H groups in total. The fourth-order valence-corrected chi connectivity index (χ4v) is 1.54. The van der Waals surface area contributed by atoms with E-state index in [1.807, 2.05) is 30.3 Å². The molecule has 2 aromatic carbocycles. The van der Waals surface area contributed by atoms with Crippen molar-refractivity contribution in [3.8, 4) is 5.75 Å². The monoisotopic (exact) mass is 197 g/mol. The molecule has 0 spiro atoms. The van der Waals surface area contributed by atoms with Gasteiger partial charge in [-0.05, 0) is 35.7 Å². The molecule has 0 aromatic heterocycles. The molecule has 0 aliphatic rings. The molecule has 1 nitrogen and oxygen atoms in total. The van der Waals surface area contributed by atoms with E-state index >= 15 is 0 Å². The van der Waals surface area contributed by atoms with E-state index in [4.69, 9.17) is 4.74 Å². The first-order valence-corrected chi connectivity index (χ1v) is 4.97. The molecule has 0 heterocycles. The Morgan fingerprint density at radius 2 is 2.07 bits per heavy atom. The molecule has 0 unspecified atom stereocenters. The van der Waals surface area contributed by atoms with E-state index in [1.165, 1.54) is 11.1 Å². The predicted molar refractivity (Wildman–Crippen MR) is 61.1 cm³/mol. The molecule has 0 saturated heterocycles.